The number of benzene rings is 1. The van der Waals surface area contributed by atoms with Crippen molar-refractivity contribution >= 4 is 0 Å². The Labute approximate surface area is 96.1 Å². The SMILES string of the molecule is CCCCC(O)Cc1cccc(OC)c1F. The molecule has 0 aliphatic rings. The maximum absolute atomic E-state index is 13.7. The molecule has 1 aromatic rings. The highest BCUT2D eigenvalue weighted by molar-refractivity contribution is 5.31. The van der Waals surface area contributed by atoms with E-state index in [4.69, 9.17) is 4.74 Å². The van der Waals surface area contributed by atoms with Crippen LogP contribution in [0.5, 0.6) is 5.75 Å². The van der Waals surface area contributed by atoms with Crippen LogP contribution in [0.1, 0.15) is 31.7 Å². The van der Waals surface area contributed by atoms with Crippen LogP contribution >= 0.6 is 0 Å². The second kappa shape index (κ2) is 6.48. The molecule has 0 aliphatic carbocycles. The van der Waals surface area contributed by atoms with Gasteiger partial charge in [-0.3, -0.25) is 0 Å². The molecular weight excluding hydrogens is 207 g/mol. The maximum atomic E-state index is 13.7. The lowest BCUT2D eigenvalue weighted by Crippen LogP contribution is -2.11. The van der Waals surface area contributed by atoms with Crippen LogP contribution in [-0.4, -0.2) is 18.3 Å². The standard InChI is InChI=1S/C13H19FO2/c1-3-4-7-11(15)9-10-6-5-8-12(16-2)13(10)14/h5-6,8,11,15H,3-4,7,9H2,1-2H3. The van der Waals surface area contributed by atoms with Gasteiger partial charge >= 0.3 is 0 Å². The van der Waals surface area contributed by atoms with Crippen LogP contribution < -0.4 is 4.74 Å². The molecule has 90 valence electrons. The average molecular weight is 226 g/mol. The van der Waals surface area contributed by atoms with Crippen LogP contribution in [0.3, 0.4) is 0 Å². The van der Waals surface area contributed by atoms with Gasteiger partial charge in [0, 0.05) is 6.42 Å². The minimum absolute atomic E-state index is 0.236. The minimum atomic E-state index is -0.471. The molecule has 0 spiro atoms. The van der Waals surface area contributed by atoms with Gasteiger partial charge in [-0.25, -0.2) is 4.39 Å². The lowest BCUT2D eigenvalue weighted by molar-refractivity contribution is 0.160. The Hall–Kier alpha value is -1.09. The number of halogens is 1. The van der Waals surface area contributed by atoms with Gasteiger partial charge in [0.05, 0.1) is 13.2 Å². The largest absolute Gasteiger partial charge is 0.494 e. The van der Waals surface area contributed by atoms with Crippen molar-refractivity contribution in [1.82, 2.24) is 0 Å². The summed E-state index contributed by atoms with van der Waals surface area (Å²) < 4.78 is 18.6. The van der Waals surface area contributed by atoms with Gasteiger partial charge in [0.25, 0.3) is 0 Å². The molecule has 0 amide bonds. The third kappa shape index (κ3) is 3.49. The molecule has 1 rings (SSSR count). The zero-order chi connectivity index (χ0) is 12.0. The third-order valence-electron chi connectivity index (χ3n) is 2.61. The van der Waals surface area contributed by atoms with Gasteiger partial charge in [0.15, 0.2) is 11.6 Å². The Balaban J connectivity index is 2.66. The summed E-state index contributed by atoms with van der Waals surface area (Å²) in [6, 6.07) is 5.01. The van der Waals surface area contributed by atoms with E-state index in [1.54, 1.807) is 18.2 Å². The first kappa shape index (κ1) is 13.0. The molecule has 1 unspecified atom stereocenters. The van der Waals surface area contributed by atoms with Crippen LogP contribution in [0.2, 0.25) is 0 Å². The summed E-state index contributed by atoms with van der Waals surface area (Å²) in [7, 11) is 1.44. The molecule has 0 bridgehead atoms. The monoisotopic (exact) mass is 226 g/mol. The van der Waals surface area contributed by atoms with E-state index >= 15 is 0 Å². The third-order valence-corrected chi connectivity index (χ3v) is 2.61. The van der Waals surface area contributed by atoms with Crippen molar-refractivity contribution in [3.8, 4) is 5.75 Å². The van der Waals surface area contributed by atoms with Crippen molar-refractivity contribution < 1.29 is 14.2 Å². The van der Waals surface area contributed by atoms with E-state index in [1.807, 2.05) is 0 Å². The number of hydrogen-bond donors (Lipinski definition) is 1. The van der Waals surface area contributed by atoms with E-state index in [0.717, 1.165) is 12.8 Å². The van der Waals surface area contributed by atoms with Gasteiger partial charge in [-0.15, -0.1) is 0 Å². The quantitative estimate of drug-likeness (QED) is 0.808. The van der Waals surface area contributed by atoms with Gasteiger partial charge in [0.2, 0.25) is 0 Å². The molecule has 0 heterocycles. The number of hydrogen-bond acceptors (Lipinski definition) is 2. The lowest BCUT2D eigenvalue weighted by atomic mass is 10.0. The summed E-state index contributed by atoms with van der Waals surface area (Å²) in [5.41, 5.74) is 0.517. The number of unbranched alkanes of at least 4 members (excludes halogenated alkanes) is 1. The fourth-order valence-electron chi connectivity index (χ4n) is 1.67. The van der Waals surface area contributed by atoms with Crippen LogP contribution in [0.4, 0.5) is 4.39 Å². The number of ether oxygens (including phenoxy) is 1. The molecule has 0 aromatic heterocycles. The number of aliphatic hydroxyl groups excluding tert-OH is 1. The van der Waals surface area contributed by atoms with Gasteiger partial charge in [-0.1, -0.05) is 31.9 Å². The first-order chi connectivity index (χ1) is 7.69. The van der Waals surface area contributed by atoms with Crippen LogP contribution in [-0.2, 0) is 6.42 Å². The Morgan fingerprint density at radius 3 is 2.81 bits per heavy atom. The Kier molecular flexibility index (Phi) is 5.26. The van der Waals surface area contributed by atoms with Crippen LogP contribution in [0.25, 0.3) is 0 Å². The summed E-state index contributed by atoms with van der Waals surface area (Å²) in [6.07, 6.45) is 2.60. The molecule has 16 heavy (non-hydrogen) atoms. The molecule has 3 heteroatoms. The molecule has 1 N–H and O–H groups in total. The molecule has 0 aliphatic heterocycles. The van der Waals surface area contributed by atoms with E-state index < -0.39 is 6.10 Å². The van der Waals surface area contributed by atoms with Gasteiger partial charge in [-0.05, 0) is 18.1 Å². The van der Waals surface area contributed by atoms with Crippen molar-refractivity contribution in [3.05, 3.63) is 29.6 Å². The number of aliphatic hydroxyl groups is 1. The van der Waals surface area contributed by atoms with Crippen LogP contribution in [0.15, 0.2) is 18.2 Å². The fourth-order valence-corrected chi connectivity index (χ4v) is 1.67. The second-order valence-corrected chi connectivity index (χ2v) is 3.93. The first-order valence-electron chi connectivity index (χ1n) is 5.68. The van der Waals surface area contributed by atoms with E-state index in [0.29, 0.717) is 18.4 Å². The fraction of sp³-hybridized carbons (Fsp3) is 0.538. The molecule has 0 saturated heterocycles. The topological polar surface area (TPSA) is 29.5 Å². The molecule has 0 fully saturated rings. The van der Waals surface area contributed by atoms with E-state index in [2.05, 4.69) is 6.92 Å². The predicted molar refractivity (Wildman–Crippen MR) is 62.2 cm³/mol. The van der Waals surface area contributed by atoms with Gasteiger partial charge < -0.3 is 9.84 Å². The Morgan fingerprint density at radius 1 is 1.44 bits per heavy atom. The van der Waals surface area contributed by atoms with Crippen molar-refractivity contribution in [1.29, 1.82) is 0 Å². The highest BCUT2D eigenvalue weighted by Crippen LogP contribution is 2.21. The summed E-state index contributed by atoms with van der Waals surface area (Å²) in [5.74, 6) is -0.124. The molecular formula is C13H19FO2. The lowest BCUT2D eigenvalue weighted by Gasteiger charge is -2.12. The van der Waals surface area contributed by atoms with Crippen molar-refractivity contribution in [2.75, 3.05) is 7.11 Å². The highest BCUT2D eigenvalue weighted by atomic mass is 19.1. The minimum Gasteiger partial charge on any atom is -0.494 e. The van der Waals surface area contributed by atoms with Crippen molar-refractivity contribution in [2.45, 2.75) is 38.7 Å². The zero-order valence-corrected chi connectivity index (χ0v) is 9.87. The van der Waals surface area contributed by atoms with Gasteiger partial charge in [-0.2, -0.15) is 0 Å². The number of methoxy groups -OCH3 is 1. The summed E-state index contributed by atoms with van der Waals surface area (Å²) in [5, 5.41) is 9.71. The Bertz CT molecular complexity index is 326. The molecule has 2 nitrogen and oxygen atoms in total. The Morgan fingerprint density at radius 2 is 2.19 bits per heavy atom. The normalized spacial score (nSPS) is 12.5. The highest BCUT2D eigenvalue weighted by Gasteiger charge is 2.12. The zero-order valence-electron chi connectivity index (χ0n) is 9.87. The van der Waals surface area contributed by atoms with Crippen molar-refractivity contribution in [2.24, 2.45) is 0 Å². The summed E-state index contributed by atoms with van der Waals surface area (Å²) >= 11 is 0. The smallest absolute Gasteiger partial charge is 0.168 e. The second-order valence-electron chi connectivity index (χ2n) is 3.93. The van der Waals surface area contributed by atoms with E-state index in [-0.39, 0.29) is 11.6 Å². The average Bonchev–Trinajstić information content (AvgIpc) is 2.29. The first-order valence-corrected chi connectivity index (χ1v) is 5.68. The number of rotatable bonds is 6. The summed E-state index contributed by atoms with van der Waals surface area (Å²) in [6.45, 7) is 2.07. The molecule has 0 saturated carbocycles. The maximum Gasteiger partial charge on any atom is 0.168 e. The van der Waals surface area contributed by atoms with Crippen LogP contribution in [0, 0.1) is 5.82 Å². The van der Waals surface area contributed by atoms with Gasteiger partial charge in [0.1, 0.15) is 0 Å². The molecule has 1 atom stereocenters. The molecule has 0 radical (unpaired) electrons. The van der Waals surface area contributed by atoms with E-state index in [9.17, 15) is 9.50 Å². The van der Waals surface area contributed by atoms with E-state index in [1.165, 1.54) is 7.11 Å². The summed E-state index contributed by atoms with van der Waals surface area (Å²) in [4.78, 5) is 0. The predicted octanol–water partition coefficient (Wildman–Crippen LogP) is 2.93. The van der Waals surface area contributed by atoms with Crippen molar-refractivity contribution in [3.63, 3.8) is 0 Å². The molecule has 1 aromatic carbocycles.